The Morgan fingerprint density at radius 3 is 2.77 bits per heavy atom. The topological polar surface area (TPSA) is 77.2 Å². The van der Waals surface area contributed by atoms with Crippen molar-refractivity contribution in [2.45, 2.75) is 12.8 Å². The van der Waals surface area contributed by atoms with E-state index in [0.717, 1.165) is 16.9 Å². The maximum Gasteiger partial charge on any atom is 0.236 e. The van der Waals surface area contributed by atoms with Gasteiger partial charge in [-0.15, -0.1) is 0 Å². The first-order valence-electron chi connectivity index (χ1n) is 8.12. The van der Waals surface area contributed by atoms with E-state index in [1.807, 2.05) is 48.5 Å². The van der Waals surface area contributed by atoms with E-state index in [9.17, 15) is 4.79 Å². The van der Waals surface area contributed by atoms with Crippen molar-refractivity contribution in [3.8, 4) is 17.1 Å². The molecule has 2 aromatic carbocycles. The smallest absolute Gasteiger partial charge is 0.236 e. The molecule has 0 spiro atoms. The fourth-order valence-electron chi connectivity index (χ4n) is 2.42. The Labute approximate surface area is 156 Å². The third-order valence-electron chi connectivity index (χ3n) is 3.75. The number of nitrogens with zero attached hydrogens (tertiary/aromatic N) is 2. The van der Waals surface area contributed by atoms with Crippen LogP contribution in [0.15, 0.2) is 53.1 Å². The number of rotatable bonds is 7. The number of benzene rings is 2. The number of hydrogen-bond donors (Lipinski definition) is 1. The van der Waals surface area contributed by atoms with Crippen LogP contribution in [0.1, 0.15) is 11.5 Å². The number of nitrogens with one attached hydrogen (secondary N) is 1. The molecule has 0 bridgehead atoms. The molecule has 0 aliphatic heterocycles. The van der Waals surface area contributed by atoms with Crippen LogP contribution in [0.3, 0.4) is 0 Å². The monoisotopic (exact) mass is 371 g/mol. The lowest BCUT2D eigenvalue weighted by Gasteiger charge is -2.04. The van der Waals surface area contributed by atoms with Crippen LogP contribution in [-0.2, 0) is 17.6 Å². The molecule has 134 valence electrons. The lowest BCUT2D eigenvalue weighted by molar-refractivity contribution is -0.120. The van der Waals surface area contributed by atoms with Crippen molar-refractivity contribution in [3.05, 3.63) is 65.0 Å². The summed E-state index contributed by atoms with van der Waals surface area (Å²) in [6, 6.07) is 14.8. The van der Waals surface area contributed by atoms with Gasteiger partial charge in [-0.1, -0.05) is 28.9 Å². The Morgan fingerprint density at radius 2 is 2.04 bits per heavy atom. The number of hydrogen-bond acceptors (Lipinski definition) is 5. The number of ether oxygens (including phenoxy) is 1. The summed E-state index contributed by atoms with van der Waals surface area (Å²) in [7, 11) is 1.60. The minimum atomic E-state index is -0.169. The third kappa shape index (κ3) is 4.83. The van der Waals surface area contributed by atoms with Gasteiger partial charge in [-0.2, -0.15) is 4.98 Å². The molecule has 1 N–H and O–H groups in total. The average Bonchev–Trinajstić information content (AvgIpc) is 3.10. The van der Waals surface area contributed by atoms with E-state index in [2.05, 4.69) is 15.5 Å². The highest BCUT2D eigenvalue weighted by Crippen LogP contribution is 2.19. The quantitative estimate of drug-likeness (QED) is 0.689. The predicted octanol–water partition coefficient (Wildman–Crippen LogP) is 3.30. The van der Waals surface area contributed by atoms with E-state index in [1.54, 1.807) is 7.11 Å². The Hall–Kier alpha value is -2.86. The molecule has 26 heavy (non-hydrogen) atoms. The maximum atomic E-state index is 12.0. The average molecular weight is 372 g/mol. The molecule has 0 saturated heterocycles. The van der Waals surface area contributed by atoms with E-state index < -0.39 is 0 Å². The number of aromatic nitrogens is 2. The standard InChI is InChI=1S/C19H18ClN3O3/c1-25-16-7-5-14(6-8-16)19-22-18(26-23-19)12-17(24)21-10-9-13-3-2-4-15(20)11-13/h2-8,11H,9-10,12H2,1H3,(H,21,24). The van der Waals surface area contributed by atoms with Gasteiger partial charge in [0.15, 0.2) is 0 Å². The molecule has 7 heteroatoms. The molecule has 0 radical (unpaired) electrons. The Morgan fingerprint density at radius 1 is 1.23 bits per heavy atom. The Kier molecular flexibility index (Phi) is 5.86. The first kappa shape index (κ1) is 17.9. The second kappa shape index (κ2) is 8.49. The van der Waals surface area contributed by atoms with Gasteiger partial charge in [-0.25, -0.2) is 0 Å². The normalized spacial score (nSPS) is 10.5. The summed E-state index contributed by atoms with van der Waals surface area (Å²) < 4.78 is 10.3. The molecule has 3 aromatic rings. The van der Waals surface area contributed by atoms with E-state index in [1.165, 1.54) is 0 Å². The SMILES string of the molecule is COc1ccc(-c2noc(CC(=O)NCCc3cccc(Cl)c3)n2)cc1. The first-order chi connectivity index (χ1) is 12.6. The molecule has 1 aromatic heterocycles. The van der Waals surface area contributed by atoms with Crippen LogP contribution >= 0.6 is 11.6 Å². The van der Waals surface area contributed by atoms with Crippen molar-refractivity contribution >= 4 is 17.5 Å². The van der Waals surface area contributed by atoms with Crippen LogP contribution < -0.4 is 10.1 Å². The second-order valence-corrected chi connectivity index (χ2v) is 6.08. The molecule has 0 aliphatic rings. The molecule has 0 fully saturated rings. The lowest BCUT2D eigenvalue weighted by Crippen LogP contribution is -2.27. The zero-order chi connectivity index (χ0) is 18.4. The Balaban J connectivity index is 1.50. The van der Waals surface area contributed by atoms with E-state index in [4.69, 9.17) is 20.9 Å². The number of carbonyl (C=O) groups is 1. The Bertz CT molecular complexity index is 878. The molecule has 1 heterocycles. The van der Waals surface area contributed by atoms with Crippen molar-refractivity contribution < 1.29 is 14.1 Å². The summed E-state index contributed by atoms with van der Waals surface area (Å²) in [5, 5.41) is 7.43. The minimum Gasteiger partial charge on any atom is -0.497 e. The lowest BCUT2D eigenvalue weighted by atomic mass is 10.1. The summed E-state index contributed by atoms with van der Waals surface area (Å²) in [6.07, 6.45) is 0.742. The summed E-state index contributed by atoms with van der Waals surface area (Å²) in [5.41, 5.74) is 1.86. The van der Waals surface area contributed by atoms with Crippen LogP contribution in [0.5, 0.6) is 5.75 Å². The van der Waals surface area contributed by atoms with Gasteiger partial charge in [0.1, 0.15) is 12.2 Å². The van der Waals surface area contributed by atoms with Gasteiger partial charge in [-0.05, 0) is 48.4 Å². The van der Waals surface area contributed by atoms with Crippen LogP contribution in [0.4, 0.5) is 0 Å². The van der Waals surface area contributed by atoms with Crippen molar-refractivity contribution in [1.82, 2.24) is 15.5 Å². The summed E-state index contributed by atoms with van der Waals surface area (Å²) in [4.78, 5) is 16.3. The number of amides is 1. The number of methoxy groups -OCH3 is 1. The van der Waals surface area contributed by atoms with E-state index >= 15 is 0 Å². The minimum absolute atomic E-state index is 0.0404. The summed E-state index contributed by atoms with van der Waals surface area (Å²) >= 11 is 5.94. The highest BCUT2D eigenvalue weighted by Gasteiger charge is 2.12. The first-order valence-corrected chi connectivity index (χ1v) is 8.50. The molecule has 0 unspecified atom stereocenters. The second-order valence-electron chi connectivity index (χ2n) is 5.65. The van der Waals surface area contributed by atoms with Gasteiger partial charge in [0.2, 0.25) is 17.6 Å². The van der Waals surface area contributed by atoms with Crippen molar-refractivity contribution in [2.75, 3.05) is 13.7 Å². The molecule has 0 aliphatic carbocycles. The van der Waals surface area contributed by atoms with E-state index in [0.29, 0.717) is 23.8 Å². The molecule has 3 rings (SSSR count). The van der Waals surface area contributed by atoms with Gasteiger partial charge >= 0.3 is 0 Å². The van der Waals surface area contributed by atoms with Crippen molar-refractivity contribution in [3.63, 3.8) is 0 Å². The molecule has 1 amide bonds. The van der Waals surface area contributed by atoms with Gasteiger partial charge in [0.05, 0.1) is 7.11 Å². The molecule has 6 nitrogen and oxygen atoms in total. The molecular weight excluding hydrogens is 354 g/mol. The number of halogens is 1. The maximum absolute atomic E-state index is 12.0. The molecule has 0 saturated carbocycles. The third-order valence-corrected chi connectivity index (χ3v) is 3.99. The fourth-order valence-corrected chi connectivity index (χ4v) is 2.64. The van der Waals surface area contributed by atoms with Crippen molar-refractivity contribution in [1.29, 1.82) is 0 Å². The summed E-state index contributed by atoms with van der Waals surface area (Å²) in [5.74, 6) is 1.29. The zero-order valence-electron chi connectivity index (χ0n) is 14.2. The fraction of sp³-hybridized carbons (Fsp3) is 0.211. The van der Waals surface area contributed by atoms with Crippen LogP contribution in [0.25, 0.3) is 11.4 Å². The molecular formula is C19H18ClN3O3. The largest absolute Gasteiger partial charge is 0.497 e. The zero-order valence-corrected chi connectivity index (χ0v) is 15.0. The highest BCUT2D eigenvalue weighted by atomic mass is 35.5. The molecule has 0 atom stereocenters. The number of carbonyl (C=O) groups excluding carboxylic acids is 1. The van der Waals surface area contributed by atoms with Gasteiger partial charge in [0, 0.05) is 17.1 Å². The highest BCUT2D eigenvalue weighted by molar-refractivity contribution is 6.30. The van der Waals surface area contributed by atoms with Crippen LogP contribution in [0, 0.1) is 0 Å². The van der Waals surface area contributed by atoms with Crippen LogP contribution in [-0.4, -0.2) is 29.7 Å². The van der Waals surface area contributed by atoms with Crippen LogP contribution in [0.2, 0.25) is 5.02 Å². The van der Waals surface area contributed by atoms with E-state index in [-0.39, 0.29) is 18.2 Å². The van der Waals surface area contributed by atoms with Crippen molar-refractivity contribution in [2.24, 2.45) is 0 Å². The predicted molar refractivity (Wildman–Crippen MR) is 98.2 cm³/mol. The summed E-state index contributed by atoms with van der Waals surface area (Å²) in [6.45, 7) is 0.513. The van der Waals surface area contributed by atoms with Gasteiger partial charge in [0.25, 0.3) is 0 Å². The van der Waals surface area contributed by atoms with Gasteiger partial charge < -0.3 is 14.6 Å². The van der Waals surface area contributed by atoms with Gasteiger partial charge in [-0.3, -0.25) is 4.79 Å².